The highest BCUT2D eigenvalue weighted by Crippen LogP contribution is 2.33. The minimum absolute atomic E-state index is 0.185. The molecular weight excluding hydrogens is 348 g/mol. The number of rotatable bonds is 4. The normalized spacial score (nSPS) is 17.1. The second kappa shape index (κ2) is 7.09. The fourth-order valence-electron chi connectivity index (χ4n) is 2.64. The van der Waals surface area contributed by atoms with Crippen molar-refractivity contribution in [3.05, 3.63) is 38.3 Å². The van der Waals surface area contributed by atoms with Crippen molar-refractivity contribution >= 4 is 34.5 Å². The molecule has 1 amide bonds. The van der Waals surface area contributed by atoms with Gasteiger partial charge in [-0.2, -0.15) is 0 Å². The summed E-state index contributed by atoms with van der Waals surface area (Å²) in [7, 11) is 1.55. The van der Waals surface area contributed by atoms with Gasteiger partial charge in [0.25, 0.3) is 5.91 Å². The molecule has 1 atom stereocenters. The molecule has 1 aliphatic heterocycles. The number of carbonyl (C=O) groups excluding carboxylic acids is 1. The van der Waals surface area contributed by atoms with E-state index in [9.17, 15) is 4.79 Å². The second-order valence-corrected chi connectivity index (χ2v) is 7.22. The number of hydrogen-bond donors (Lipinski definition) is 1. The number of thiazole rings is 1. The van der Waals surface area contributed by atoms with E-state index in [0.29, 0.717) is 33.9 Å². The third kappa shape index (κ3) is 3.41. The van der Waals surface area contributed by atoms with Crippen LogP contribution in [0, 0.1) is 13.8 Å². The molecule has 5 nitrogen and oxygen atoms in total. The molecule has 1 aliphatic rings. The van der Waals surface area contributed by atoms with E-state index < -0.39 is 0 Å². The number of hydrogen-bond acceptors (Lipinski definition) is 5. The van der Waals surface area contributed by atoms with E-state index in [1.165, 1.54) is 11.3 Å². The fraction of sp³-hybridized carbons (Fsp3) is 0.412. The molecule has 1 fully saturated rings. The first-order valence-corrected chi connectivity index (χ1v) is 8.89. The third-order valence-electron chi connectivity index (χ3n) is 4.03. The Kier molecular flexibility index (Phi) is 5.08. The number of aromatic nitrogens is 1. The zero-order valence-electron chi connectivity index (χ0n) is 13.8. The Morgan fingerprint density at radius 2 is 2.25 bits per heavy atom. The van der Waals surface area contributed by atoms with Gasteiger partial charge in [0.2, 0.25) is 0 Å². The van der Waals surface area contributed by atoms with Gasteiger partial charge in [0.15, 0.2) is 0 Å². The Morgan fingerprint density at radius 1 is 1.46 bits per heavy atom. The van der Waals surface area contributed by atoms with Crippen LogP contribution in [0.4, 0.5) is 5.69 Å². The minimum atomic E-state index is -0.185. The van der Waals surface area contributed by atoms with Gasteiger partial charge >= 0.3 is 0 Å². The molecule has 3 rings (SSSR count). The highest BCUT2D eigenvalue weighted by Gasteiger charge is 2.24. The Morgan fingerprint density at radius 3 is 2.92 bits per heavy atom. The monoisotopic (exact) mass is 366 g/mol. The Hall–Kier alpha value is -1.63. The summed E-state index contributed by atoms with van der Waals surface area (Å²) in [5.41, 5.74) is 2.21. The van der Waals surface area contributed by atoms with Crippen LogP contribution in [0.15, 0.2) is 12.1 Å². The van der Waals surface area contributed by atoms with Crippen LogP contribution in [0.1, 0.15) is 38.3 Å². The SMILES string of the molecule is COc1cc(Cl)c(C)cc1NC(=O)c1sc(C2CCOC2)nc1C. The summed E-state index contributed by atoms with van der Waals surface area (Å²) < 4.78 is 10.7. The van der Waals surface area contributed by atoms with E-state index >= 15 is 0 Å². The molecule has 1 aromatic heterocycles. The fourth-order valence-corrected chi connectivity index (χ4v) is 3.88. The smallest absolute Gasteiger partial charge is 0.267 e. The lowest BCUT2D eigenvalue weighted by molar-refractivity contribution is 0.102. The van der Waals surface area contributed by atoms with Gasteiger partial charge in [-0.15, -0.1) is 11.3 Å². The van der Waals surface area contributed by atoms with Crippen LogP contribution in [-0.4, -0.2) is 31.2 Å². The van der Waals surface area contributed by atoms with E-state index in [-0.39, 0.29) is 5.91 Å². The van der Waals surface area contributed by atoms with Crippen molar-refractivity contribution < 1.29 is 14.3 Å². The predicted molar refractivity (Wildman–Crippen MR) is 95.7 cm³/mol. The van der Waals surface area contributed by atoms with Crippen molar-refractivity contribution in [3.63, 3.8) is 0 Å². The molecule has 0 saturated carbocycles. The molecule has 128 valence electrons. The Labute approximate surface area is 150 Å². The van der Waals surface area contributed by atoms with Crippen molar-refractivity contribution in [3.8, 4) is 5.75 Å². The maximum atomic E-state index is 12.7. The van der Waals surface area contributed by atoms with Gasteiger partial charge in [-0.25, -0.2) is 4.98 Å². The zero-order valence-corrected chi connectivity index (χ0v) is 15.4. The maximum Gasteiger partial charge on any atom is 0.267 e. The molecule has 0 aliphatic carbocycles. The zero-order chi connectivity index (χ0) is 17.3. The van der Waals surface area contributed by atoms with Crippen molar-refractivity contribution in [2.75, 3.05) is 25.6 Å². The lowest BCUT2D eigenvalue weighted by Crippen LogP contribution is -2.12. The number of methoxy groups -OCH3 is 1. The summed E-state index contributed by atoms with van der Waals surface area (Å²) in [6.45, 7) is 5.17. The van der Waals surface area contributed by atoms with Crippen LogP contribution >= 0.6 is 22.9 Å². The summed E-state index contributed by atoms with van der Waals surface area (Å²) in [5.74, 6) is 0.642. The van der Waals surface area contributed by atoms with Crippen LogP contribution in [0.2, 0.25) is 5.02 Å². The molecule has 1 unspecified atom stereocenters. The predicted octanol–water partition coefficient (Wildman–Crippen LogP) is 4.18. The number of carbonyl (C=O) groups is 1. The number of anilines is 1. The van der Waals surface area contributed by atoms with Crippen molar-refractivity contribution in [2.45, 2.75) is 26.2 Å². The molecule has 24 heavy (non-hydrogen) atoms. The van der Waals surface area contributed by atoms with Gasteiger partial charge in [-0.1, -0.05) is 11.6 Å². The topological polar surface area (TPSA) is 60.5 Å². The van der Waals surface area contributed by atoms with Crippen molar-refractivity contribution in [2.24, 2.45) is 0 Å². The number of nitrogens with zero attached hydrogens (tertiary/aromatic N) is 1. The molecule has 2 heterocycles. The van der Waals surface area contributed by atoms with Crippen LogP contribution < -0.4 is 10.1 Å². The number of nitrogens with one attached hydrogen (secondary N) is 1. The third-order valence-corrected chi connectivity index (χ3v) is 5.75. The standard InChI is InChI=1S/C17H19ClN2O3S/c1-9-6-13(14(22-3)7-12(9)18)20-16(21)15-10(2)19-17(24-15)11-4-5-23-8-11/h6-7,11H,4-5,8H2,1-3H3,(H,20,21). The Balaban J connectivity index is 1.84. The lowest BCUT2D eigenvalue weighted by atomic mass is 10.1. The van der Waals surface area contributed by atoms with Crippen molar-refractivity contribution in [1.82, 2.24) is 4.98 Å². The van der Waals surface area contributed by atoms with E-state index in [2.05, 4.69) is 10.3 Å². The van der Waals surface area contributed by atoms with Gasteiger partial charge in [0.05, 0.1) is 30.1 Å². The van der Waals surface area contributed by atoms with Crippen LogP contribution in [-0.2, 0) is 4.74 Å². The van der Waals surface area contributed by atoms with Gasteiger partial charge in [-0.05, 0) is 31.9 Å². The largest absolute Gasteiger partial charge is 0.495 e. The van der Waals surface area contributed by atoms with Gasteiger partial charge < -0.3 is 14.8 Å². The Bertz CT molecular complexity index is 769. The van der Waals surface area contributed by atoms with E-state index in [0.717, 1.165) is 29.3 Å². The van der Waals surface area contributed by atoms with Gasteiger partial charge in [0.1, 0.15) is 10.6 Å². The minimum Gasteiger partial charge on any atom is -0.495 e. The molecule has 7 heteroatoms. The number of ether oxygens (including phenoxy) is 2. The van der Waals surface area contributed by atoms with Crippen LogP contribution in [0.3, 0.4) is 0 Å². The molecule has 2 aromatic rings. The number of amides is 1. The maximum absolute atomic E-state index is 12.7. The first kappa shape index (κ1) is 17.2. The molecule has 0 spiro atoms. The molecule has 0 bridgehead atoms. The average molecular weight is 367 g/mol. The summed E-state index contributed by atoms with van der Waals surface area (Å²) in [4.78, 5) is 17.8. The van der Waals surface area contributed by atoms with Gasteiger partial charge in [-0.3, -0.25) is 4.79 Å². The van der Waals surface area contributed by atoms with E-state index in [1.807, 2.05) is 13.8 Å². The highest BCUT2D eigenvalue weighted by molar-refractivity contribution is 7.14. The van der Waals surface area contributed by atoms with Crippen LogP contribution in [0.5, 0.6) is 5.75 Å². The quantitative estimate of drug-likeness (QED) is 0.881. The first-order chi connectivity index (χ1) is 11.5. The number of benzene rings is 1. The molecule has 1 N–H and O–H groups in total. The van der Waals surface area contributed by atoms with E-state index in [1.54, 1.807) is 19.2 Å². The first-order valence-electron chi connectivity index (χ1n) is 7.70. The summed E-state index contributed by atoms with van der Waals surface area (Å²) in [5, 5.41) is 4.47. The lowest BCUT2D eigenvalue weighted by Gasteiger charge is -2.11. The van der Waals surface area contributed by atoms with Crippen molar-refractivity contribution in [1.29, 1.82) is 0 Å². The summed E-state index contributed by atoms with van der Waals surface area (Å²) in [6.07, 6.45) is 0.957. The molecule has 1 aromatic carbocycles. The molecular formula is C17H19ClN2O3S. The summed E-state index contributed by atoms with van der Waals surface area (Å²) in [6, 6.07) is 3.51. The molecule has 0 radical (unpaired) electrons. The molecule has 1 saturated heterocycles. The number of aryl methyl sites for hydroxylation is 2. The van der Waals surface area contributed by atoms with Crippen LogP contribution in [0.25, 0.3) is 0 Å². The van der Waals surface area contributed by atoms with Gasteiger partial charge in [0, 0.05) is 23.6 Å². The number of halogens is 1. The second-order valence-electron chi connectivity index (χ2n) is 5.78. The highest BCUT2D eigenvalue weighted by atomic mass is 35.5. The summed E-state index contributed by atoms with van der Waals surface area (Å²) >= 11 is 7.54. The average Bonchev–Trinajstić information content (AvgIpc) is 3.19. The van der Waals surface area contributed by atoms with E-state index in [4.69, 9.17) is 21.1 Å².